The van der Waals surface area contributed by atoms with E-state index < -0.39 is 15.2 Å². The van der Waals surface area contributed by atoms with E-state index in [-0.39, 0.29) is 0 Å². The van der Waals surface area contributed by atoms with Gasteiger partial charge >= 0.3 is 0 Å². The molecular weight excluding hydrogens is 662 g/mol. The molecule has 6 aromatic rings. The minimum Gasteiger partial charge on any atom is -0.341 e. The molecule has 6 nitrogen and oxygen atoms in total. The summed E-state index contributed by atoms with van der Waals surface area (Å²) < 4.78 is 0. The number of hydrogen-bond acceptors (Lipinski definition) is 6. The smallest absolute Gasteiger partial charge is 0.125 e. The Morgan fingerprint density at radius 1 is 0.588 bits per heavy atom. The van der Waals surface area contributed by atoms with Crippen LogP contribution in [0.3, 0.4) is 0 Å². The topological polar surface area (TPSA) is 58.0 Å². The van der Waals surface area contributed by atoms with Crippen molar-refractivity contribution in [2.75, 3.05) is 30.6 Å². The monoisotopic (exact) mass is 709 g/mol. The van der Waals surface area contributed by atoms with Gasteiger partial charge in [0.2, 0.25) is 0 Å². The van der Waals surface area contributed by atoms with Gasteiger partial charge in [-0.3, -0.25) is 0 Å². The maximum absolute atomic E-state index is 4.88. The van der Waals surface area contributed by atoms with Crippen molar-refractivity contribution in [3.8, 4) is 0 Å². The number of fused-ring (bicyclic) bond motifs is 6. The average Bonchev–Trinajstić information content (AvgIpc) is 3.20. The van der Waals surface area contributed by atoms with Crippen LogP contribution in [-0.2, 0) is 0 Å². The second-order valence-corrected chi connectivity index (χ2v) is 21.2. The number of benzene rings is 4. The van der Waals surface area contributed by atoms with Crippen molar-refractivity contribution in [1.29, 1.82) is 0 Å². The molecule has 2 aliphatic carbocycles. The Morgan fingerprint density at radius 2 is 1.18 bits per heavy atom. The highest BCUT2D eigenvalue weighted by molar-refractivity contribution is 7.90. The van der Waals surface area contributed by atoms with Crippen molar-refractivity contribution in [3.63, 3.8) is 0 Å². The Balaban J connectivity index is 1.43. The zero-order valence-corrected chi connectivity index (χ0v) is 31.8. The number of para-hydroxylation sites is 2. The summed E-state index contributed by atoms with van der Waals surface area (Å²) in [5.74, 6) is 0. The maximum Gasteiger partial charge on any atom is 0.125 e. The minimum absolute atomic E-state index is 0.592. The van der Waals surface area contributed by atoms with Crippen LogP contribution in [0.1, 0.15) is 64.2 Å². The molecule has 2 saturated carbocycles. The van der Waals surface area contributed by atoms with Crippen molar-refractivity contribution in [2.24, 2.45) is 0 Å². The Bertz CT molecular complexity index is 2230. The first kappa shape index (κ1) is 32.9. The Kier molecular flexibility index (Phi) is 8.73. The van der Waals surface area contributed by atoms with Gasteiger partial charge in [0.15, 0.2) is 0 Å². The van der Waals surface area contributed by atoms with Gasteiger partial charge in [-0.05, 0) is 88.5 Å². The molecule has 3 heterocycles. The summed E-state index contributed by atoms with van der Waals surface area (Å²) in [6, 6.07) is 28.4. The van der Waals surface area contributed by atoms with E-state index in [9.17, 15) is 0 Å². The number of hydrogen-bond donors (Lipinski definition) is 0. The number of anilines is 4. The zero-order chi connectivity index (χ0) is 34.5. The van der Waals surface area contributed by atoms with Crippen molar-refractivity contribution < 1.29 is 0 Å². The number of rotatable bonds is 2. The van der Waals surface area contributed by atoms with Gasteiger partial charge in [-0.25, -0.2) is 19.9 Å². The largest absolute Gasteiger partial charge is 0.341 e. The Hall–Kier alpha value is -3.98. The van der Waals surface area contributed by atoms with Crippen LogP contribution in [0.15, 0.2) is 97.8 Å². The summed E-state index contributed by atoms with van der Waals surface area (Å²) in [5, 5.41) is 8.03. The fourth-order valence-corrected chi connectivity index (χ4v) is 17.4. The maximum atomic E-state index is 4.88. The van der Waals surface area contributed by atoms with Crippen molar-refractivity contribution >= 4 is 81.0 Å². The van der Waals surface area contributed by atoms with E-state index in [0.29, 0.717) is 11.3 Å². The molecule has 8 heteroatoms. The highest BCUT2D eigenvalue weighted by atomic mass is 31.2. The molecule has 4 aromatic carbocycles. The Labute approximate surface area is 303 Å². The van der Waals surface area contributed by atoms with Crippen LogP contribution in [-0.4, -0.2) is 52.0 Å². The van der Waals surface area contributed by atoms with Gasteiger partial charge in [0.1, 0.15) is 23.3 Å². The average molecular weight is 710 g/mol. The van der Waals surface area contributed by atoms with E-state index in [1.54, 1.807) is 12.7 Å². The summed E-state index contributed by atoms with van der Waals surface area (Å²) in [4.78, 5) is 23.8. The predicted octanol–water partition coefficient (Wildman–Crippen LogP) is 9.12. The van der Waals surface area contributed by atoms with Gasteiger partial charge in [-0.1, -0.05) is 56.0 Å². The summed E-state index contributed by atoms with van der Waals surface area (Å²) in [7, 11) is 1.87. The number of aromatic nitrogens is 4. The van der Waals surface area contributed by atoms with Crippen LogP contribution in [0.4, 0.5) is 22.7 Å². The van der Waals surface area contributed by atoms with E-state index in [1.807, 2.05) is 12.4 Å². The highest BCUT2D eigenvalue weighted by Gasteiger charge is 2.50. The van der Waals surface area contributed by atoms with Gasteiger partial charge in [0.05, 0.1) is 42.0 Å². The van der Waals surface area contributed by atoms with E-state index >= 15 is 0 Å². The lowest BCUT2D eigenvalue weighted by Gasteiger charge is -2.41. The van der Waals surface area contributed by atoms with Crippen molar-refractivity contribution in [3.05, 3.63) is 97.8 Å². The molecule has 258 valence electrons. The van der Waals surface area contributed by atoms with E-state index in [0.717, 1.165) is 21.8 Å². The summed E-state index contributed by atoms with van der Waals surface area (Å²) in [6.45, 7) is 2.65. The summed E-state index contributed by atoms with van der Waals surface area (Å²) >= 11 is 0. The molecular formula is C43H47N6P2+. The van der Waals surface area contributed by atoms with Gasteiger partial charge in [-0.2, -0.15) is 0 Å². The van der Waals surface area contributed by atoms with Crippen LogP contribution in [0.2, 0.25) is 0 Å². The molecule has 3 aliphatic rings. The standard InChI is InChI=1S/C43H47N6P2/c1-48-36-18-10-12-20-40(36)50(32-14-6-4-7-15-32)41-24-34-30(26-44-28-46-34)22-38(41)49(2)39-23-31-27-45-29-47-35(31)25-43(39)51(3,33-16-8-5-9-17-33)42-21-13-11-19-37(42)48/h10-13,18-29,32-33H,4-9,14-17H2,1-3H3/q+1. The lowest BCUT2D eigenvalue weighted by atomic mass is 10.0. The summed E-state index contributed by atoms with van der Waals surface area (Å²) in [5.41, 5.74) is 8.46. The Morgan fingerprint density at radius 3 is 1.90 bits per heavy atom. The van der Waals surface area contributed by atoms with Crippen molar-refractivity contribution in [2.45, 2.75) is 75.5 Å². The molecule has 0 spiro atoms. The van der Waals surface area contributed by atoms with Crippen LogP contribution in [0, 0.1) is 0 Å². The third-order valence-electron chi connectivity index (χ3n) is 12.2. The van der Waals surface area contributed by atoms with E-state index in [2.05, 4.69) is 113 Å². The lowest BCUT2D eigenvalue weighted by molar-refractivity contribution is 0.511. The first-order valence-electron chi connectivity index (χ1n) is 18.8. The predicted molar refractivity (Wildman–Crippen MR) is 220 cm³/mol. The van der Waals surface area contributed by atoms with Crippen LogP contribution < -0.4 is 31.0 Å². The first-order valence-corrected chi connectivity index (χ1v) is 22.5. The van der Waals surface area contributed by atoms with Gasteiger partial charge in [-0.15, -0.1) is 0 Å². The molecule has 0 N–H and O–H groups in total. The normalized spacial score (nSPS) is 21.7. The molecule has 2 atom stereocenters. The second-order valence-electron chi connectivity index (χ2n) is 15.0. The SMILES string of the molecule is CN1c2ccccc2P(C2CCCCC2)c2cc3ncncc3cc2N(C)c2cc3cncnc3cc2[P+](C)(C2CCCCC2)c2ccccc21. The first-order chi connectivity index (χ1) is 25.0. The fourth-order valence-electron chi connectivity index (χ4n) is 9.45. The van der Waals surface area contributed by atoms with E-state index in [4.69, 9.17) is 9.97 Å². The van der Waals surface area contributed by atoms with Gasteiger partial charge < -0.3 is 9.80 Å². The molecule has 2 unspecified atom stereocenters. The molecule has 9 rings (SSSR count). The van der Waals surface area contributed by atoms with Crippen LogP contribution >= 0.6 is 15.2 Å². The lowest BCUT2D eigenvalue weighted by Crippen LogP contribution is -2.38. The van der Waals surface area contributed by atoms with Crippen molar-refractivity contribution in [1.82, 2.24) is 19.9 Å². The molecule has 0 radical (unpaired) electrons. The molecule has 2 aromatic heterocycles. The molecule has 2 fully saturated rings. The molecule has 0 bridgehead atoms. The van der Waals surface area contributed by atoms with Gasteiger partial charge in [0, 0.05) is 65.3 Å². The highest BCUT2D eigenvalue weighted by Crippen LogP contribution is 2.65. The zero-order valence-electron chi connectivity index (χ0n) is 30.0. The molecule has 51 heavy (non-hydrogen) atoms. The minimum atomic E-state index is -2.03. The second kappa shape index (κ2) is 13.5. The summed E-state index contributed by atoms with van der Waals surface area (Å²) in [6.07, 6.45) is 20.3. The third-order valence-corrected chi connectivity index (χ3v) is 19.9. The fraction of sp³-hybridized carbons (Fsp3) is 0.349. The molecule has 0 saturated heterocycles. The molecule has 1 aliphatic heterocycles. The molecule has 0 amide bonds. The quantitative estimate of drug-likeness (QED) is 0.167. The van der Waals surface area contributed by atoms with Gasteiger partial charge in [0.25, 0.3) is 0 Å². The van der Waals surface area contributed by atoms with Crippen LogP contribution in [0.5, 0.6) is 0 Å². The third kappa shape index (κ3) is 5.62. The number of nitrogens with zero attached hydrogens (tertiary/aromatic N) is 6. The van der Waals surface area contributed by atoms with E-state index in [1.165, 1.54) is 108 Å². The van der Waals surface area contributed by atoms with Crippen LogP contribution in [0.25, 0.3) is 21.8 Å².